The molecule has 23 heteroatoms. The number of piperidine rings is 1. The van der Waals surface area contributed by atoms with E-state index in [1.54, 1.807) is 13.1 Å². The number of sulfonamides is 1. The van der Waals surface area contributed by atoms with Crippen molar-refractivity contribution in [1.82, 2.24) is 39.8 Å². The summed E-state index contributed by atoms with van der Waals surface area (Å²) in [6.07, 6.45) is -3.81. The molecule has 2 saturated carbocycles. The fourth-order valence-corrected chi connectivity index (χ4v) is 9.52. The number of allylic oxidation sites excluding steroid dienone is 1. The van der Waals surface area contributed by atoms with E-state index in [0.717, 1.165) is 23.2 Å². The Bertz CT molecular complexity index is 2140. The molecule has 14 nitrogen and oxygen atoms in total. The Morgan fingerprint density at radius 3 is 2.30 bits per heavy atom. The number of carbonyl (C=O) groups excluding carboxylic acids is 3. The maximum atomic E-state index is 14.2. The lowest BCUT2D eigenvalue weighted by Crippen LogP contribution is -2.62. The van der Waals surface area contributed by atoms with Crippen molar-refractivity contribution in [3.8, 4) is 27.4 Å². The zero-order valence-electron chi connectivity index (χ0n) is 30.3. The maximum absolute atomic E-state index is 14.2. The van der Waals surface area contributed by atoms with Crippen molar-refractivity contribution in [3.63, 3.8) is 0 Å². The number of thiazole rings is 2. The van der Waals surface area contributed by atoms with Crippen LogP contribution in [-0.2, 0) is 32.0 Å². The molecule has 2 aliphatic heterocycles. The first-order chi connectivity index (χ1) is 26.7. The monoisotopic (exact) mass is 862 g/mol. The van der Waals surface area contributed by atoms with Gasteiger partial charge in [-0.2, -0.15) is 31.3 Å². The Balaban J connectivity index is 1.19. The van der Waals surface area contributed by atoms with Gasteiger partial charge in [0.05, 0.1) is 11.3 Å². The molecule has 5 heterocycles. The van der Waals surface area contributed by atoms with Gasteiger partial charge >= 0.3 is 18.4 Å². The summed E-state index contributed by atoms with van der Waals surface area (Å²) >= 11 is 1.14. The number of carbonyl (C=O) groups is 3. The molecule has 1 saturated heterocycles. The van der Waals surface area contributed by atoms with Gasteiger partial charge in [0, 0.05) is 36.3 Å². The van der Waals surface area contributed by atoms with Gasteiger partial charge in [0.25, 0.3) is 5.91 Å². The number of hydrogen-bond donors (Lipinski definition) is 2. The van der Waals surface area contributed by atoms with E-state index in [4.69, 9.17) is 4.74 Å². The van der Waals surface area contributed by atoms with Crippen LogP contribution in [0.5, 0.6) is 5.88 Å². The number of likely N-dealkylation sites (N-methyl/N-ethyl adjacent to an activating group) is 1. The molecule has 0 spiro atoms. The molecule has 2 aliphatic carbocycles. The predicted molar refractivity (Wildman–Crippen MR) is 193 cm³/mol. The summed E-state index contributed by atoms with van der Waals surface area (Å²) in [6.45, 7) is 1.65. The highest BCUT2D eigenvalue weighted by molar-refractivity contribution is 7.91. The highest BCUT2D eigenvalue weighted by Gasteiger charge is 2.63. The lowest BCUT2D eigenvalue weighted by Gasteiger charge is -2.40. The van der Waals surface area contributed by atoms with Crippen LogP contribution in [0.2, 0.25) is 0 Å². The molecule has 0 bridgehead atoms. The largest absolute Gasteiger partial charge is 0.472 e. The van der Waals surface area contributed by atoms with Crippen LogP contribution in [0.1, 0.15) is 69.7 Å². The van der Waals surface area contributed by atoms with Crippen molar-refractivity contribution in [2.24, 2.45) is 5.92 Å². The first-order valence-electron chi connectivity index (χ1n) is 17.9. The van der Waals surface area contributed by atoms with Gasteiger partial charge in [-0.1, -0.05) is 12.2 Å². The van der Waals surface area contributed by atoms with E-state index >= 15 is 0 Å². The molecule has 0 radical (unpaired) electrons. The zero-order chi connectivity index (χ0) is 41.1. The Hall–Kier alpha value is -4.38. The smallest absolute Gasteiger partial charge is 0.434 e. The minimum absolute atomic E-state index is 0.0597. The average molecular weight is 863 g/mol. The second-order valence-electron chi connectivity index (χ2n) is 14.8. The van der Waals surface area contributed by atoms with E-state index in [2.05, 4.69) is 30.0 Å². The van der Waals surface area contributed by atoms with E-state index in [1.807, 2.05) is 6.08 Å². The minimum atomic E-state index is -4.80. The van der Waals surface area contributed by atoms with Crippen molar-refractivity contribution in [2.75, 3.05) is 20.1 Å². The highest BCUT2D eigenvalue weighted by Crippen LogP contribution is 2.47. The van der Waals surface area contributed by atoms with Crippen molar-refractivity contribution in [2.45, 2.75) is 93.1 Å². The van der Waals surface area contributed by atoms with E-state index in [0.29, 0.717) is 54.9 Å². The summed E-state index contributed by atoms with van der Waals surface area (Å²) in [5, 5.41) is 3.69. The molecule has 3 aromatic rings. The van der Waals surface area contributed by atoms with Crippen LogP contribution < -0.4 is 14.8 Å². The normalized spacial score (nSPS) is 26.1. The van der Waals surface area contributed by atoms with Gasteiger partial charge in [0.1, 0.15) is 28.4 Å². The van der Waals surface area contributed by atoms with E-state index in [1.165, 1.54) is 16.7 Å². The summed E-state index contributed by atoms with van der Waals surface area (Å²) in [4.78, 5) is 60.1. The van der Waals surface area contributed by atoms with Gasteiger partial charge < -0.3 is 19.9 Å². The molecule has 57 heavy (non-hydrogen) atoms. The van der Waals surface area contributed by atoms with Crippen molar-refractivity contribution < 1.29 is 53.9 Å². The van der Waals surface area contributed by atoms with Crippen LogP contribution in [0.25, 0.3) is 21.5 Å². The molecule has 0 unspecified atom stereocenters. The van der Waals surface area contributed by atoms with Crippen LogP contribution in [0.15, 0.2) is 29.0 Å². The van der Waals surface area contributed by atoms with Crippen molar-refractivity contribution in [1.29, 1.82) is 0 Å². The summed E-state index contributed by atoms with van der Waals surface area (Å²) in [5.41, 5.74) is -4.27. The Labute approximate surface area is 330 Å². The number of hydrogen-bond acceptors (Lipinski definition) is 12. The number of nitrogens with one attached hydrogen (secondary N) is 2. The van der Waals surface area contributed by atoms with Crippen LogP contribution >= 0.6 is 22.7 Å². The lowest BCUT2D eigenvalue weighted by atomic mass is 9.98. The number of fused-ring (bicyclic) bond motifs is 2. The summed E-state index contributed by atoms with van der Waals surface area (Å²) in [5.74, 6) is -2.48. The Morgan fingerprint density at radius 2 is 1.65 bits per heavy atom. The van der Waals surface area contributed by atoms with E-state index < -0.39 is 74.1 Å². The number of ether oxygens (including phenoxy) is 1. The van der Waals surface area contributed by atoms with E-state index in [9.17, 15) is 49.1 Å². The topological polar surface area (TPSA) is 177 Å². The molecule has 4 amide bonds. The third-order valence-electron chi connectivity index (χ3n) is 10.5. The molecule has 0 aromatic carbocycles. The standard InChI is InChI=1S/C34H36F6N8O6S3/c1-31(10-11-31)57(52,53)46-29(50)32-14-18(32)7-5-3-4-6-12-47(2)28(49)21-9-8-19(15-48(21)30(51)45-32)54-24-13-20(26-42-22(16-55-26)33(35,36)37)41-25(44-24)27-43-23(17-56-27)34(38,39)40/h5,7,13,16-19,21H,3-4,6,8-12,14-15H2,1-2H3,(H,45,51)(H,46,50)/b7-5+/t18-,19-,21-,32-/m0/s1. The third kappa shape index (κ3) is 8.45. The van der Waals surface area contributed by atoms with Gasteiger partial charge in [-0.05, 0) is 58.3 Å². The fraction of sp³-hybridized carbons (Fsp3) is 0.559. The summed E-state index contributed by atoms with van der Waals surface area (Å²) in [6, 6.07) is -0.707. The first-order valence-corrected chi connectivity index (χ1v) is 21.1. The van der Waals surface area contributed by atoms with Gasteiger partial charge in [-0.25, -0.2) is 28.2 Å². The summed E-state index contributed by atoms with van der Waals surface area (Å²) in [7, 11) is -2.46. The lowest BCUT2D eigenvalue weighted by molar-refractivity contribution is -0.141. The van der Waals surface area contributed by atoms with Crippen molar-refractivity contribution in [3.05, 3.63) is 40.4 Å². The van der Waals surface area contributed by atoms with Crippen molar-refractivity contribution >= 4 is 50.5 Å². The van der Waals surface area contributed by atoms with Gasteiger partial charge in [-0.3, -0.25) is 14.3 Å². The number of nitrogens with zero attached hydrogens (tertiary/aromatic N) is 6. The molecule has 308 valence electrons. The van der Waals surface area contributed by atoms with Crippen LogP contribution in [-0.4, -0.2) is 98.6 Å². The quantitative estimate of drug-likeness (QED) is 0.224. The van der Waals surface area contributed by atoms with Crippen LogP contribution in [0, 0.1) is 5.92 Å². The maximum Gasteiger partial charge on any atom is 0.434 e. The van der Waals surface area contributed by atoms with Gasteiger partial charge in [0.2, 0.25) is 21.8 Å². The Kier molecular flexibility index (Phi) is 10.6. The molecular weight excluding hydrogens is 827 g/mol. The highest BCUT2D eigenvalue weighted by atomic mass is 32.2. The number of alkyl halides is 6. The number of amides is 4. The number of halogens is 6. The second kappa shape index (κ2) is 14.8. The SMILES string of the molecule is CN1CCCC/C=C/[C@H]2C[C@]2(C(=O)NS(=O)(=O)C2(C)CC2)NC(=O)N2C[C@@H](Oc3cc(-c4nc(C(F)(F)F)cs4)nc(-c4nc(C(F)(F)F)cs4)n3)CC[C@H]2C1=O. The zero-order valence-corrected chi connectivity index (χ0v) is 32.8. The molecule has 2 N–H and O–H groups in total. The molecule has 3 aromatic heterocycles. The van der Waals surface area contributed by atoms with E-state index in [-0.39, 0.29) is 59.1 Å². The van der Waals surface area contributed by atoms with Crippen LogP contribution in [0.3, 0.4) is 0 Å². The molecule has 7 rings (SSSR count). The van der Waals surface area contributed by atoms with Crippen LogP contribution in [0.4, 0.5) is 31.1 Å². The number of rotatable bonds is 7. The third-order valence-corrected chi connectivity index (χ3v) is 14.4. The number of aromatic nitrogens is 4. The second-order valence-corrected chi connectivity index (χ2v) is 18.7. The minimum Gasteiger partial charge on any atom is -0.472 e. The summed E-state index contributed by atoms with van der Waals surface area (Å²) < 4.78 is 114. The number of urea groups is 1. The molecule has 4 atom stereocenters. The predicted octanol–water partition coefficient (Wildman–Crippen LogP) is 5.64. The molecular formula is C34H36F6N8O6S3. The average Bonchev–Trinajstić information content (AvgIpc) is 3.85. The fourth-order valence-electron chi connectivity index (χ4n) is 6.67. The first kappa shape index (κ1) is 40.8. The molecule has 4 aliphatic rings. The molecule has 3 fully saturated rings. The Morgan fingerprint density at radius 1 is 0.982 bits per heavy atom. The van der Waals surface area contributed by atoms with Gasteiger partial charge in [0.15, 0.2) is 22.2 Å². The van der Waals surface area contributed by atoms with Gasteiger partial charge in [-0.15, -0.1) is 22.7 Å².